The Morgan fingerprint density at radius 3 is 2.72 bits per heavy atom. The molecular weight excluding hydrogens is 252 g/mol. The van der Waals surface area contributed by atoms with Gasteiger partial charge in [0.1, 0.15) is 5.75 Å². The van der Waals surface area contributed by atoms with E-state index in [2.05, 4.69) is 0 Å². The van der Waals surface area contributed by atoms with Gasteiger partial charge in [0.25, 0.3) is 0 Å². The number of anilines is 1. The van der Waals surface area contributed by atoms with E-state index in [9.17, 15) is 13.5 Å². The van der Waals surface area contributed by atoms with Crippen molar-refractivity contribution in [2.75, 3.05) is 18.8 Å². The Morgan fingerprint density at radius 1 is 1.39 bits per heavy atom. The molecule has 0 bridgehead atoms. The van der Waals surface area contributed by atoms with Crippen LogP contribution in [0.5, 0.6) is 5.75 Å². The van der Waals surface area contributed by atoms with Gasteiger partial charge in [-0.05, 0) is 31.5 Å². The summed E-state index contributed by atoms with van der Waals surface area (Å²) in [5.41, 5.74) is 6.64. The third-order valence-corrected chi connectivity index (χ3v) is 4.77. The molecule has 1 aliphatic rings. The van der Waals surface area contributed by atoms with Gasteiger partial charge in [-0.2, -0.15) is 4.31 Å². The zero-order chi connectivity index (χ0) is 13.3. The molecule has 3 N–H and O–H groups in total. The Hall–Kier alpha value is -1.53. The highest BCUT2D eigenvalue weighted by Crippen LogP contribution is 2.26. The number of benzene rings is 1. The molecule has 0 aromatic heterocycles. The molecule has 0 saturated heterocycles. The molecule has 0 saturated carbocycles. The first-order chi connectivity index (χ1) is 8.41. The molecule has 98 valence electrons. The smallest absolute Gasteiger partial charge is 0.243 e. The minimum Gasteiger partial charge on any atom is -0.506 e. The third-order valence-electron chi connectivity index (χ3n) is 2.93. The molecule has 1 heterocycles. The average Bonchev–Trinajstić information content (AvgIpc) is 2.32. The Balaban J connectivity index is 2.36. The van der Waals surface area contributed by atoms with Gasteiger partial charge in [-0.15, -0.1) is 0 Å². The Bertz CT molecular complexity index is 593. The zero-order valence-electron chi connectivity index (χ0n) is 10.1. The molecule has 0 radical (unpaired) electrons. The van der Waals surface area contributed by atoms with Gasteiger partial charge >= 0.3 is 0 Å². The van der Waals surface area contributed by atoms with Crippen LogP contribution >= 0.6 is 0 Å². The zero-order valence-corrected chi connectivity index (χ0v) is 10.9. The van der Waals surface area contributed by atoms with E-state index in [-0.39, 0.29) is 16.3 Å². The van der Waals surface area contributed by atoms with Crippen LogP contribution in [0.25, 0.3) is 0 Å². The molecule has 0 fully saturated rings. The van der Waals surface area contributed by atoms with E-state index < -0.39 is 10.0 Å². The van der Waals surface area contributed by atoms with Gasteiger partial charge in [-0.25, -0.2) is 8.42 Å². The molecule has 0 spiro atoms. The SMILES string of the molecule is CC1=CCCN(S(=O)(=O)c2ccc(O)c(N)c2)C1. The van der Waals surface area contributed by atoms with Crippen LogP contribution in [0, 0.1) is 0 Å². The predicted molar refractivity (Wildman–Crippen MR) is 69.7 cm³/mol. The second-order valence-corrected chi connectivity index (χ2v) is 6.34. The normalized spacial score (nSPS) is 17.5. The van der Waals surface area contributed by atoms with E-state index in [1.165, 1.54) is 22.5 Å². The van der Waals surface area contributed by atoms with E-state index >= 15 is 0 Å². The number of nitrogens with two attached hydrogens (primary N) is 1. The molecule has 1 aliphatic heterocycles. The lowest BCUT2D eigenvalue weighted by molar-refractivity contribution is 0.427. The van der Waals surface area contributed by atoms with E-state index in [4.69, 9.17) is 5.73 Å². The average molecular weight is 268 g/mol. The summed E-state index contributed by atoms with van der Waals surface area (Å²) in [4.78, 5) is 0.118. The van der Waals surface area contributed by atoms with Gasteiger partial charge in [-0.1, -0.05) is 11.6 Å². The lowest BCUT2D eigenvalue weighted by Gasteiger charge is -2.25. The van der Waals surface area contributed by atoms with Crippen molar-refractivity contribution in [3.05, 3.63) is 29.8 Å². The van der Waals surface area contributed by atoms with Crippen molar-refractivity contribution in [3.63, 3.8) is 0 Å². The first kappa shape index (κ1) is 12.9. The maximum Gasteiger partial charge on any atom is 0.243 e. The standard InChI is InChI=1S/C12H16N2O3S/c1-9-3-2-6-14(8-9)18(16,17)10-4-5-12(15)11(13)7-10/h3-5,7,15H,2,6,8,13H2,1H3. The number of nitrogen functional groups attached to an aromatic ring is 1. The molecule has 0 amide bonds. The fourth-order valence-corrected chi connectivity index (χ4v) is 3.46. The van der Waals surface area contributed by atoms with Crippen molar-refractivity contribution >= 4 is 15.7 Å². The summed E-state index contributed by atoms with van der Waals surface area (Å²) in [7, 11) is -3.53. The van der Waals surface area contributed by atoms with Gasteiger partial charge < -0.3 is 10.8 Å². The van der Waals surface area contributed by atoms with Crippen molar-refractivity contribution in [1.82, 2.24) is 4.31 Å². The minimum absolute atomic E-state index is 0.0698. The number of hydrogen-bond acceptors (Lipinski definition) is 4. The first-order valence-electron chi connectivity index (χ1n) is 5.65. The fourth-order valence-electron chi connectivity index (χ4n) is 1.92. The Labute approximate surface area is 107 Å². The molecule has 0 atom stereocenters. The van der Waals surface area contributed by atoms with E-state index in [0.717, 1.165) is 12.0 Å². The summed E-state index contributed by atoms with van der Waals surface area (Å²) < 4.78 is 26.1. The lowest BCUT2D eigenvalue weighted by atomic mass is 10.2. The van der Waals surface area contributed by atoms with Crippen LogP contribution in [-0.2, 0) is 10.0 Å². The maximum absolute atomic E-state index is 12.4. The monoisotopic (exact) mass is 268 g/mol. The number of sulfonamides is 1. The summed E-state index contributed by atoms with van der Waals surface area (Å²) in [6.45, 7) is 2.79. The first-order valence-corrected chi connectivity index (χ1v) is 7.09. The summed E-state index contributed by atoms with van der Waals surface area (Å²) in [6.07, 6.45) is 2.76. The number of hydrogen-bond donors (Lipinski definition) is 2. The summed E-state index contributed by atoms with van der Waals surface area (Å²) in [5, 5.41) is 9.32. The maximum atomic E-state index is 12.4. The number of nitrogens with zero attached hydrogens (tertiary/aromatic N) is 1. The molecule has 6 heteroatoms. The van der Waals surface area contributed by atoms with Crippen molar-refractivity contribution in [2.45, 2.75) is 18.2 Å². The van der Waals surface area contributed by atoms with Crippen LogP contribution in [0.4, 0.5) is 5.69 Å². The van der Waals surface area contributed by atoms with Crippen molar-refractivity contribution in [2.24, 2.45) is 0 Å². The number of phenols is 1. The van der Waals surface area contributed by atoms with E-state index in [1.807, 2.05) is 13.0 Å². The molecule has 1 aromatic rings. The quantitative estimate of drug-likeness (QED) is 0.481. The molecule has 2 rings (SSSR count). The third kappa shape index (κ3) is 2.34. The molecule has 5 nitrogen and oxygen atoms in total. The largest absolute Gasteiger partial charge is 0.506 e. The highest BCUT2D eigenvalue weighted by molar-refractivity contribution is 7.89. The minimum atomic E-state index is -3.53. The van der Waals surface area contributed by atoms with Crippen LogP contribution in [0.1, 0.15) is 13.3 Å². The predicted octanol–water partition coefficient (Wildman–Crippen LogP) is 1.32. The van der Waals surface area contributed by atoms with Gasteiger partial charge in [0.05, 0.1) is 10.6 Å². The topological polar surface area (TPSA) is 83.6 Å². The molecule has 0 aliphatic carbocycles. The van der Waals surface area contributed by atoms with Crippen LogP contribution in [0.2, 0.25) is 0 Å². The summed E-state index contributed by atoms with van der Waals surface area (Å²) in [6, 6.07) is 3.96. The molecule has 18 heavy (non-hydrogen) atoms. The van der Waals surface area contributed by atoms with Crippen LogP contribution < -0.4 is 5.73 Å². The fraction of sp³-hybridized carbons (Fsp3) is 0.333. The van der Waals surface area contributed by atoms with Gasteiger partial charge in [0.2, 0.25) is 10.0 Å². The highest BCUT2D eigenvalue weighted by atomic mass is 32.2. The number of rotatable bonds is 2. The van der Waals surface area contributed by atoms with E-state index in [1.54, 1.807) is 0 Å². The molecular formula is C12H16N2O3S. The lowest BCUT2D eigenvalue weighted by Crippen LogP contribution is -2.35. The Morgan fingerprint density at radius 2 is 2.11 bits per heavy atom. The van der Waals surface area contributed by atoms with Gasteiger partial charge in [-0.3, -0.25) is 0 Å². The second kappa shape index (κ2) is 4.62. The van der Waals surface area contributed by atoms with Gasteiger partial charge in [0, 0.05) is 13.1 Å². The Kier molecular flexibility index (Phi) is 3.32. The molecule has 1 aromatic carbocycles. The van der Waals surface area contributed by atoms with Crippen LogP contribution in [0.15, 0.2) is 34.7 Å². The highest BCUT2D eigenvalue weighted by Gasteiger charge is 2.26. The number of aromatic hydroxyl groups is 1. The van der Waals surface area contributed by atoms with Crippen molar-refractivity contribution in [3.8, 4) is 5.75 Å². The summed E-state index contributed by atoms with van der Waals surface area (Å²) in [5.74, 6) is -0.108. The van der Waals surface area contributed by atoms with Gasteiger partial charge in [0.15, 0.2) is 0 Å². The summed E-state index contributed by atoms with van der Waals surface area (Å²) >= 11 is 0. The van der Waals surface area contributed by atoms with E-state index in [0.29, 0.717) is 13.1 Å². The van der Waals surface area contributed by atoms with Crippen molar-refractivity contribution < 1.29 is 13.5 Å². The van der Waals surface area contributed by atoms with Crippen LogP contribution in [0.3, 0.4) is 0 Å². The second-order valence-electron chi connectivity index (χ2n) is 4.40. The van der Waals surface area contributed by atoms with Crippen molar-refractivity contribution in [1.29, 1.82) is 0 Å². The van der Waals surface area contributed by atoms with Crippen LogP contribution in [-0.4, -0.2) is 30.9 Å². The number of phenolic OH excluding ortho intramolecular Hbond substituents is 1. The molecule has 0 unspecified atom stereocenters.